The second-order valence-electron chi connectivity index (χ2n) is 5.17. The number of aliphatic hydroxyl groups is 1. The molecule has 0 bridgehead atoms. The summed E-state index contributed by atoms with van der Waals surface area (Å²) < 4.78 is 22.6. The standard InChI is InChI=1S/C12H25NO3S/c1-3-12(4-2,10-14)9-13-11-5-7-17(15,16)8-6-11/h11,13-14H,3-10H2,1-2H3. The van der Waals surface area contributed by atoms with Crippen molar-refractivity contribution in [3.63, 3.8) is 0 Å². The third-order valence-electron chi connectivity index (χ3n) is 4.16. The molecule has 0 spiro atoms. The zero-order valence-electron chi connectivity index (χ0n) is 10.9. The summed E-state index contributed by atoms with van der Waals surface area (Å²) in [7, 11) is -2.78. The van der Waals surface area contributed by atoms with Gasteiger partial charge in [-0.2, -0.15) is 0 Å². The lowest BCUT2D eigenvalue weighted by Crippen LogP contribution is -2.44. The lowest BCUT2D eigenvalue weighted by molar-refractivity contribution is 0.109. The number of hydrogen-bond donors (Lipinski definition) is 2. The highest BCUT2D eigenvalue weighted by Crippen LogP contribution is 2.25. The summed E-state index contributed by atoms with van der Waals surface area (Å²) in [5.74, 6) is 0.601. The summed E-state index contributed by atoms with van der Waals surface area (Å²) in [6.45, 7) is 5.15. The van der Waals surface area contributed by atoms with Crippen LogP contribution in [0.3, 0.4) is 0 Å². The van der Waals surface area contributed by atoms with Crippen LogP contribution in [0, 0.1) is 5.41 Å². The average molecular weight is 263 g/mol. The molecule has 4 nitrogen and oxygen atoms in total. The Kier molecular flexibility index (Phi) is 5.41. The number of sulfone groups is 1. The van der Waals surface area contributed by atoms with Crippen molar-refractivity contribution in [2.75, 3.05) is 24.7 Å². The molecule has 1 aliphatic rings. The molecule has 1 fully saturated rings. The Bertz CT molecular complexity index is 300. The molecule has 0 amide bonds. The first-order valence-electron chi connectivity index (χ1n) is 6.51. The summed E-state index contributed by atoms with van der Waals surface area (Å²) in [5, 5.41) is 12.9. The molecule has 0 aromatic carbocycles. The van der Waals surface area contributed by atoms with Crippen LogP contribution in [0.25, 0.3) is 0 Å². The van der Waals surface area contributed by atoms with E-state index in [4.69, 9.17) is 0 Å². The lowest BCUT2D eigenvalue weighted by atomic mass is 9.83. The maximum absolute atomic E-state index is 11.3. The molecule has 0 aromatic rings. The molecule has 5 heteroatoms. The fraction of sp³-hybridized carbons (Fsp3) is 1.00. The fourth-order valence-corrected chi connectivity index (χ4v) is 3.73. The van der Waals surface area contributed by atoms with E-state index in [-0.39, 0.29) is 12.0 Å². The Morgan fingerprint density at radius 2 is 1.76 bits per heavy atom. The molecular weight excluding hydrogens is 238 g/mol. The third kappa shape index (κ3) is 4.23. The highest BCUT2D eigenvalue weighted by molar-refractivity contribution is 7.91. The minimum Gasteiger partial charge on any atom is -0.396 e. The van der Waals surface area contributed by atoms with E-state index in [2.05, 4.69) is 19.2 Å². The van der Waals surface area contributed by atoms with E-state index in [1.807, 2.05) is 0 Å². The Morgan fingerprint density at radius 3 is 2.18 bits per heavy atom. The second-order valence-corrected chi connectivity index (χ2v) is 7.48. The van der Waals surface area contributed by atoms with E-state index in [9.17, 15) is 13.5 Å². The van der Waals surface area contributed by atoms with Crippen molar-refractivity contribution in [1.82, 2.24) is 5.32 Å². The summed E-state index contributed by atoms with van der Waals surface area (Å²) in [6, 6.07) is 0.294. The first kappa shape index (κ1) is 14.9. The largest absolute Gasteiger partial charge is 0.396 e. The Labute approximate surface area is 105 Å². The first-order valence-corrected chi connectivity index (χ1v) is 8.34. The number of aliphatic hydroxyl groups excluding tert-OH is 1. The van der Waals surface area contributed by atoms with Gasteiger partial charge in [-0.15, -0.1) is 0 Å². The number of nitrogens with one attached hydrogen (secondary N) is 1. The van der Waals surface area contributed by atoms with Crippen LogP contribution in [0.15, 0.2) is 0 Å². The molecule has 2 N–H and O–H groups in total. The quantitative estimate of drug-likeness (QED) is 0.749. The summed E-state index contributed by atoms with van der Waals surface area (Å²) in [6.07, 6.45) is 3.30. The predicted octanol–water partition coefficient (Wildman–Crippen LogP) is 0.952. The molecule has 0 aromatic heterocycles. The maximum Gasteiger partial charge on any atom is 0.150 e. The molecule has 1 rings (SSSR count). The van der Waals surface area contributed by atoms with Gasteiger partial charge in [-0.3, -0.25) is 0 Å². The van der Waals surface area contributed by atoms with E-state index in [0.717, 1.165) is 19.4 Å². The molecule has 0 aliphatic carbocycles. The minimum absolute atomic E-state index is 0.0453. The van der Waals surface area contributed by atoms with Crippen molar-refractivity contribution in [2.24, 2.45) is 5.41 Å². The van der Waals surface area contributed by atoms with Gasteiger partial charge in [0.05, 0.1) is 11.5 Å². The van der Waals surface area contributed by atoms with Crippen molar-refractivity contribution in [1.29, 1.82) is 0 Å². The van der Waals surface area contributed by atoms with Gasteiger partial charge in [0, 0.05) is 24.6 Å². The van der Waals surface area contributed by atoms with Crippen molar-refractivity contribution >= 4 is 9.84 Å². The van der Waals surface area contributed by atoms with Crippen LogP contribution in [0.1, 0.15) is 39.5 Å². The zero-order valence-corrected chi connectivity index (χ0v) is 11.7. The van der Waals surface area contributed by atoms with Crippen molar-refractivity contribution < 1.29 is 13.5 Å². The van der Waals surface area contributed by atoms with Crippen molar-refractivity contribution in [3.8, 4) is 0 Å². The monoisotopic (exact) mass is 263 g/mol. The van der Waals surface area contributed by atoms with Gasteiger partial charge in [0.15, 0.2) is 0 Å². The highest BCUT2D eigenvalue weighted by Gasteiger charge is 2.28. The Morgan fingerprint density at radius 1 is 1.24 bits per heavy atom. The first-order chi connectivity index (χ1) is 7.97. The highest BCUT2D eigenvalue weighted by atomic mass is 32.2. The zero-order chi connectivity index (χ0) is 12.9. The third-order valence-corrected chi connectivity index (χ3v) is 5.87. The predicted molar refractivity (Wildman–Crippen MR) is 69.8 cm³/mol. The smallest absolute Gasteiger partial charge is 0.150 e. The Balaban J connectivity index is 2.41. The summed E-state index contributed by atoms with van der Waals surface area (Å²) in [4.78, 5) is 0. The molecular formula is C12H25NO3S. The molecule has 0 atom stereocenters. The fourth-order valence-electron chi connectivity index (χ4n) is 2.23. The van der Waals surface area contributed by atoms with E-state index in [1.54, 1.807) is 0 Å². The SMILES string of the molecule is CCC(CC)(CO)CNC1CCS(=O)(=O)CC1. The van der Waals surface area contributed by atoms with Crippen LogP contribution in [0.5, 0.6) is 0 Å². The van der Waals surface area contributed by atoms with Crippen LogP contribution in [0.2, 0.25) is 0 Å². The molecule has 0 unspecified atom stereocenters. The molecule has 1 saturated heterocycles. The summed E-state index contributed by atoms with van der Waals surface area (Å²) >= 11 is 0. The molecule has 1 aliphatic heterocycles. The van der Waals surface area contributed by atoms with Crippen molar-refractivity contribution in [2.45, 2.75) is 45.6 Å². The normalized spacial score (nSPS) is 21.6. The van der Waals surface area contributed by atoms with Gasteiger partial charge in [0.25, 0.3) is 0 Å². The van der Waals surface area contributed by atoms with Crippen LogP contribution >= 0.6 is 0 Å². The van der Waals surface area contributed by atoms with Gasteiger partial charge < -0.3 is 10.4 Å². The van der Waals surface area contributed by atoms with Crippen LogP contribution in [-0.2, 0) is 9.84 Å². The van der Waals surface area contributed by atoms with E-state index in [0.29, 0.717) is 30.4 Å². The van der Waals surface area contributed by atoms with Gasteiger partial charge in [-0.1, -0.05) is 13.8 Å². The van der Waals surface area contributed by atoms with Gasteiger partial charge in [-0.25, -0.2) is 8.42 Å². The number of hydrogen-bond acceptors (Lipinski definition) is 4. The summed E-state index contributed by atoms with van der Waals surface area (Å²) in [5.41, 5.74) is -0.0453. The number of rotatable bonds is 6. The molecule has 0 radical (unpaired) electrons. The molecule has 17 heavy (non-hydrogen) atoms. The minimum atomic E-state index is -2.78. The van der Waals surface area contributed by atoms with Crippen LogP contribution in [-0.4, -0.2) is 44.2 Å². The van der Waals surface area contributed by atoms with Crippen LogP contribution in [0.4, 0.5) is 0 Å². The van der Waals surface area contributed by atoms with Gasteiger partial charge in [0.1, 0.15) is 9.84 Å². The lowest BCUT2D eigenvalue weighted by Gasteiger charge is -2.33. The van der Waals surface area contributed by atoms with Crippen molar-refractivity contribution in [3.05, 3.63) is 0 Å². The maximum atomic E-state index is 11.3. The van der Waals surface area contributed by atoms with Gasteiger partial charge in [0.2, 0.25) is 0 Å². The molecule has 1 heterocycles. The Hall–Kier alpha value is -0.130. The second kappa shape index (κ2) is 6.16. The van der Waals surface area contributed by atoms with Gasteiger partial charge in [-0.05, 0) is 25.7 Å². The topological polar surface area (TPSA) is 66.4 Å². The average Bonchev–Trinajstić information content (AvgIpc) is 2.33. The van der Waals surface area contributed by atoms with Crippen LogP contribution < -0.4 is 5.32 Å². The molecule has 0 saturated carbocycles. The molecule has 102 valence electrons. The van der Waals surface area contributed by atoms with E-state index in [1.165, 1.54) is 0 Å². The van der Waals surface area contributed by atoms with E-state index >= 15 is 0 Å². The van der Waals surface area contributed by atoms with E-state index < -0.39 is 9.84 Å². The van der Waals surface area contributed by atoms with Gasteiger partial charge >= 0.3 is 0 Å².